The first-order valence-corrected chi connectivity index (χ1v) is 22.8. The summed E-state index contributed by atoms with van der Waals surface area (Å²) in [6.07, 6.45) is 0. The molecule has 66 heavy (non-hydrogen) atoms. The van der Waals surface area contributed by atoms with E-state index in [2.05, 4.69) is 242 Å². The summed E-state index contributed by atoms with van der Waals surface area (Å²) in [5, 5.41) is 4.75. The largest absolute Gasteiger partial charge is 0.456 e. The Morgan fingerprint density at radius 2 is 0.864 bits per heavy atom. The fraction of sp³-hybridized carbons (Fsp3) is 0.0476. The highest BCUT2D eigenvalue weighted by Gasteiger charge is 2.35. The molecular formula is C63H44N2O. The van der Waals surface area contributed by atoms with Gasteiger partial charge < -0.3 is 13.9 Å². The number of para-hydroxylation sites is 2. The number of furan rings is 1. The van der Waals surface area contributed by atoms with Crippen LogP contribution in [0.4, 0.5) is 17.1 Å². The molecule has 0 saturated carbocycles. The third-order valence-corrected chi connectivity index (χ3v) is 14.0. The minimum Gasteiger partial charge on any atom is -0.456 e. The van der Waals surface area contributed by atoms with Gasteiger partial charge in [-0.1, -0.05) is 159 Å². The topological polar surface area (TPSA) is 21.3 Å². The second-order valence-electron chi connectivity index (χ2n) is 18.1. The zero-order chi connectivity index (χ0) is 43.9. The number of fused-ring (bicyclic) bond motifs is 9. The lowest BCUT2D eigenvalue weighted by Crippen LogP contribution is -2.16. The van der Waals surface area contributed by atoms with E-state index in [9.17, 15) is 0 Å². The van der Waals surface area contributed by atoms with E-state index in [1.807, 2.05) is 12.1 Å². The molecule has 0 unspecified atom stereocenters. The Labute approximate surface area is 384 Å². The van der Waals surface area contributed by atoms with Crippen LogP contribution < -0.4 is 4.90 Å². The Hall–Kier alpha value is -8.40. The average molecular weight is 845 g/mol. The van der Waals surface area contributed by atoms with Crippen molar-refractivity contribution < 1.29 is 4.42 Å². The highest BCUT2D eigenvalue weighted by molar-refractivity contribution is 6.11. The first kappa shape index (κ1) is 38.1. The van der Waals surface area contributed by atoms with Crippen molar-refractivity contribution in [2.24, 2.45) is 0 Å². The van der Waals surface area contributed by atoms with Crippen LogP contribution in [0.2, 0.25) is 0 Å². The lowest BCUT2D eigenvalue weighted by atomic mass is 9.82. The summed E-state index contributed by atoms with van der Waals surface area (Å²) in [5.74, 6) is 0. The Morgan fingerprint density at radius 3 is 1.62 bits per heavy atom. The summed E-state index contributed by atoms with van der Waals surface area (Å²) in [7, 11) is 0. The molecule has 3 heteroatoms. The molecule has 12 aromatic rings. The lowest BCUT2D eigenvalue weighted by molar-refractivity contribution is 0.660. The van der Waals surface area contributed by atoms with Gasteiger partial charge in [0.05, 0.1) is 11.0 Å². The van der Waals surface area contributed by atoms with Crippen molar-refractivity contribution >= 4 is 60.8 Å². The molecule has 0 aliphatic heterocycles. The van der Waals surface area contributed by atoms with Crippen molar-refractivity contribution in [3.05, 3.63) is 242 Å². The van der Waals surface area contributed by atoms with Crippen LogP contribution in [0.5, 0.6) is 0 Å². The minimum atomic E-state index is -0.120. The van der Waals surface area contributed by atoms with Crippen LogP contribution in [0.3, 0.4) is 0 Å². The quantitative estimate of drug-likeness (QED) is 0.159. The van der Waals surface area contributed by atoms with E-state index in [1.165, 1.54) is 66.3 Å². The van der Waals surface area contributed by atoms with Gasteiger partial charge in [-0.05, 0) is 141 Å². The molecule has 3 nitrogen and oxygen atoms in total. The monoisotopic (exact) mass is 844 g/mol. The van der Waals surface area contributed by atoms with Gasteiger partial charge in [0.1, 0.15) is 11.2 Å². The van der Waals surface area contributed by atoms with Crippen molar-refractivity contribution in [2.45, 2.75) is 19.3 Å². The minimum absolute atomic E-state index is 0.120. The van der Waals surface area contributed by atoms with Gasteiger partial charge in [0.15, 0.2) is 0 Å². The SMILES string of the molecule is CC1(C)c2ccccc2-c2ccc(N(c3ccc(-c4ccc5oc6ccccc6c5c4)cc3)c3ccc(-c4ccc5c(c4)c4ccccc4n5-c4ccc(-c5ccccc5)cc4)cc3)cc21. The molecule has 10 aromatic carbocycles. The van der Waals surface area contributed by atoms with E-state index < -0.39 is 0 Å². The number of aromatic nitrogens is 1. The molecule has 1 aliphatic rings. The summed E-state index contributed by atoms with van der Waals surface area (Å²) in [5.41, 5.74) is 21.1. The first-order valence-electron chi connectivity index (χ1n) is 22.8. The third-order valence-electron chi connectivity index (χ3n) is 14.0. The Kier molecular flexibility index (Phi) is 8.56. The second kappa shape index (κ2) is 14.8. The molecule has 0 bridgehead atoms. The highest BCUT2D eigenvalue weighted by atomic mass is 16.3. The van der Waals surface area contributed by atoms with Crippen molar-refractivity contribution in [2.75, 3.05) is 4.90 Å². The molecule has 312 valence electrons. The van der Waals surface area contributed by atoms with Gasteiger partial charge in [0.2, 0.25) is 0 Å². The number of rotatable bonds is 7. The van der Waals surface area contributed by atoms with Crippen LogP contribution >= 0.6 is 0 Å². The van der Waals surface area contributed by atoms with Crippen molar-refractivity contribution in [1.29, 1.82) is 0 Å². The van der Waals surface area contributed by atoms with Crippen molar-refractivity contribution in [1.82, 2.24) is 4.57 Å². The summed E-state index contributed by atoms with van der Waals surface area (Å²) < 4.78 is 8.55. The maximum atomic E-state index is 6.16. The number of benzene rings is 10. The zero-order valence-corrected chi connectivity index (χ0v) is 36.7. The molecule has 0 fully saturated rings. The normalized spacial score (nSPS) is 12.8. The van der Waals surface area contributed by atoms with Crippen molar-refractivity contribution in [3.63, 3.8) is 0 Å². The number of hydrogen-bond donors (Lipinski definition) is 0. The summed E-state index contributed by atoms with van der Waals surface area (Å²) in [4.78, 5) is 2.40. The van der Waals surface area contributed by atoms with Crippen LogP contribution in [0, 0.1) is 0 Å². The molecule has 13 rings (SSSR count). The van der Waals surface area contributed by atoms with Gasteiger partial charge in [-0.25, -0.2) is 0 Å². The number of hydrogen-bond acceptors (Lipinski definition) is 2. The highest BCUT2D eigenvalue weighted by Crippen LogP contribution is 2.51. The molecule has 2 aromatic heterocycles. The molecule has 0 radical (unpaired) electrons. The predicted octanol–water partition coefficient (Wildman–Crippen LogP) is 17.5. The van der Waals surface area contributed by atoms with E-state index in [0.717, 1.165) is 55.8 Å². The number of nitrogens with zero attached hydrogens (tertiary/aromatic N) is 2. The molecule has 0 spiro atoms. The van der Waals surface area contributed by atoms with Crippen LogP contribution in [0.1, 0.15) is 25.0 Å². The van der Waals surface area contributed by atoms with E-state index in [4.69, 9.17) is 4.42 Å². The third kappa shape index (κ3) is 6.04. The summed E-state index contributed by atoms with van der Waals surface area (Å²) >= 11 is 0. The fourth-order valence-electron chi connectivity index (χ4n) is 10.7. The van der Waals surface area contributed by atoms with E-state index in [-0.39, 0.29) is 5.41 Å². The van der Waals surface area contributed by atoms with Crippen LogP contribution in [0.15, 0.2) is 235 Å². The number of anilines is 3. The van der Waals surface area contributed by atoms with Gasteiger partial charge in [-0.15, -0.1) is 0 Å². The van der Waals surface area contributed by atoms with E-state index in [1.54, 1.807) is 0 Å². The summed E-state index contributed by atoms with van der Waals surface area (Å²) in [6, 6.07) is 84.0. The lowest BCUT2D eigenvalue weighted by Gasteiger charge is -2.28. The molecular weight excluding hydrogens is 801 g/mol. The van der Waals surface area contributed by atoms with Crippen LogP contribution in [-0.4, -0.2) is 4.57 Å². The van der Waals surface area contributed by atoms with Gasteiger partial charge in [-0.2, -0.15) is 0 Å². The molecule has 2 heterocycles. The smallest absolute Gasteiger partial charge is 0.135 e. The van der Waals surface area contributed by atoms with E-state index in [0.29, 0.717) is 0 Å². The Balaban J connectivity index is 0.882. The van der Waals surface area contributed by atoms with Gasteiger partial charge in [-0.3, -0.25) is 0 Å². The predicted molar refractivity (Wildman–Crippen MR) is 277 cm³/mol. The standard InChI is InChI=1S/C63H44N2O/c1-63(2)57-17-9-6-14-51(57)52-35-34-50(40-58(52)63)64(48-30-24-44(25-31-48)46-27-37-62-56(39-46)54-16-8-11-19-61(54)66-62)47-28-22-43(23-29-47)45-26-36-60-55(38-45)53-15-7-10-18-59(53)65(60)49-32-20-42(21-33-49)41-12-4-3-5-13-41/h3-40H,1-2H3. The maximum absolute atomic E-state index is 6.16. The second-order valence-corrected chi connectivity index (χ2v) is 18.1. The Morgan fingerprint density at radius 1 is 0.348 bits per heavy atom. The molecule has 0 saturated heterocycles. The maximum Gasteiger partial charge on any atom is 0.135 e. The zero-order valence-electron chi connectivity index (χ0n) is 36.7. The fourth-order valence-corrected chi connectivity index (χ4v) is 10.7. The van der Waals surface area contributed by atoms with Gasteiger partial charge >= 0.3 is 0 Å². The van der Waals surface area contributed by atoms with Crippen LogP contribution in [-0.2, 0) is 5.41 Å². The van der Waals surface area contributed by atoms with Gasteiger partial charge in [0, 0.05) is 49.7 Å². The first-order chi connectivity index (χ1) is 32.5. The molecule has 0 N–H and O–H groups in total. The van der Waals surface area contributed by atoms with E-state index >= 15 is 0 Å². The molecule has 1 aliphatic carbocycles. The Bertz CT molecular complexity index is 3820. The average Bonchev–Trinajstić information content (AvgIpc) is 3.99. The molecule has 0 amide bonds. The molecule has 0 atom stereocenters. The van der Waals surface area contributed by atoms with Crippen LogP contribution in [0.25, 0.3) is 93.9 Å². The van der Waals surface area contributed by atoms with Crippen molar-refractivity contribution in [3.8, 4) is 50.2 Å². The summed E-state index contributed by atoms with van der Waals surface area (Å²) in [6.45, 7) is 4.70. The van der Waals surface area contributed by atoms with Gasteiger partial charge in [0.25, 0.3) is 0 Å².